The molecule has 2 aliphatic rings. The Morgan fingerprint density at radius 2 is 1.80 bits per heavy atom. The van der Waals surface area contributed by atoms with Crippen LogP contribution in [-0.2, 0) is 32.2 Å². The molecule has 0 aromatic heterocycles. The van der Waals surface area contributed by atoms with Gasteiger partial charge in [0.05, 0.1) is 13.5 Å². The Kier molecular flexibility index (Phi) is 9.63. The van der Waals surface area contributed by atoms with Crippen LogP contribution in [0.4, 0.5) is 10.5 Å². The molecule has 0 radical (unpaired) electrons. The lowest BCUT2D eigenvalue weighted by molar-refractivity contribution is -0.143. The van der Waals surface area contributed by atoms with Crippen molar-refractivity contribution in [3.63, 3.8) is 0 Å². The van der Waals surface area contributed by atoms with Crippen LogP contribution in [0.5, 0.6) is 0 Å². The fourth-order valence-electron chi connectivity index (χ4n) is 5.13. The van der Waals surface area contributed by atoms with E-state index in [0.717, 1.165) is 30.4 Å². The van der Waals surface area contributed by atoms with E-state index >= 15 is 0 Å². The Morgan fingerprint density at radius 1 is 1.07 bits per heavy atom. The van der Waals surface area contributed by atoms with Gasteiger partial charge >= 0.3 is 12.1 Å². The van der Waals surface area contributed by atoms with Gasteiger partial charge in [-0.05, 0) is 48.4 Å². The summed E-state index contributed by atoms with van der Waals surface area (Å²) in [6.45, 7) is 2.53. The predicted octanol–water partition coefficient (Wildman–Crippen LogP) is 3.51. The maximum Gasteiger partial charge on any atom is 0.410 e. The summed E-state index contributed by atoms with van der Waals surface area (Å²) in [4.78, 5) is 55.3. The van der Waals surface area contributed by atoms with Crippen LogP contribution in [0, 0.1) is 5.92 Å². The van der Waals surface area contributed by atoms with Crippen LogP contribution in [0.15, 0.2) is 48.5 Å². The summed E-state index contributed by atoms with van der Waals surface area (Å²) in [7, 11) is 4.77. The molecule has 3 amide bonds. The SMILES string of the molecule is COC(=O)C[C@H]1Nc2cc(C(=O)N(C)CCC3CCN(C(=O)OCc4ccccc4)CC3)ccc2CN(C)C1=O. The number of amides is 3. The molecule has 0 unspecified atom stereocenters. The van der Waals surface area contributed by atoms with Crippen LogP contribution < -0.4 is 5.32 Å². The third-order valence-corrected chi connectivity index (χ3v) is 7.66. The largest absolute Gasteiger partial charge is 0.469 e. The summed E-state index contributed by atoms with van der Waals surface area (Å²) in [6, 6.07) is 14.2. The Bertz CT molecular complexity index is 1210. The van der Waals surface area contributed by atoms with Crippen molar-refractivity contribution in [1.82, 2.24) is 14.7 Å². The maximum atomic E-state index is 13.2. The van der Waals surface area contributed by atoms with Crippen molar-refractivity contribution < 1.29 is 28.7 Å². The third kappa shape index (κ3) is 7.31. The molecule has 40 heavy (non-hydrogen) atoms. The van der Waals surface area contributed by atoms with E-state index in [-0.39, 0.29) is 30.9 Å². The Balaban J connectivity index is 1.27. The third-order valence-electron chi connectivity index (χ3n) is 7.66. The zero-order valence-electron chi connectivity index (χ0n) is 23.4. The molecular weight excluding hydrogens is 512 g/mol. The number of nitrogens with one attached hydrogen (secondary N) is 1. The zero-order valence-corrected chi connectivity index (χ0v) is 23.4. The molecule has 10 heteroatoms. The second kappa shape index (κ2) is 13.3. The van der Waals surface area contributed by atoms with Crippen LogP contribution in [0.1, 0.15) is 47.2 Å². The summed E-state index contributed by atoms with van der Waals surface area (Å²) in [5.41, 5.74) is 3.01. The second-order valence-corrected chi connectivity index (χ2v) is 10.5. The highest BCUT2D eigenvalue weighted by Crippen LogP contribution is 2.26. The Morgan fingerprint density at radius 3 is 2.50 bits per heavy atom. The number of methoxy groups -OCH3 is 1. The average Bonchev–Trinajstić information content (AvgIpc) is 3.09. The number of ether oxygens (including phenoxy) is 2. The van der Waals surface area contributed by atoms with Crippen LogP contribution in [0.25, 0.3) is 0 Å². The molecule has 214 valence electrons. The highest BCUT2D eigenvalue weighted by atomic mass is 16.6. The fourth-order valence-corrected chi connectivity index (χ4v) is 5.13. The van der Waals surface area contributed by atoms with E-state index in [0.29, 0.717) is 43.3 Å². The standard InChI is InChI=1S/C30H38N4O6/c1-32(14-11-21-12-15-34(16-13-21)30(38)40-20-22-7-5-4-6-8-22)28(36)23-9-10-24-19-33(2)29(37)26(18-27(35)39-3)31-25(24)17-23/h4-10,17,21,26,31H,11-16,18-20H2,1-3H3/t26-/m1/s1. The number of likely N-dealkylation sites (N-methyl/N-ethyl adjacent to an activating group) is 1. The second-order valence-electron chi connectivity index (χ2n) is 10.5. The number of anilines is 1. The van der Waals surface area contributed by atoms with Crippen molar-refractivity contribution in [2.75, 3.05) is 46.2 Å². The van der Waals surface area contributed by atoms with Gasteiger partial charge in [0.2, 0.25) is 5.91 Å². The van der Waals surface area contributed by atoms with Crippen molar-refractivity contribution in [3.8, 4) is 0 Å². The molecule has 0 saturated carbocycles. The number of carbonyl (C=O) groups is 4. The van der Waals surface area contributed by atoms with E-state index in [9.17, 15) is 19.2 Å². The predicted molar refractivity (Wildman–Crippen MR) is 149 cm³/mol. The quantitative estimate of drug-likeness (QED) is 0.501. The minimum absolute atomic E-state index is 0.0965. The molecular formula is C30H38N4O6. The van der Waals surface area contributed by atoms with Gasteiger partial charge in [0.1, 0.15) is 12.6 Å². The summed E-state index contributed by atoms with van der Waals surface area (Å²) in [5, 5.41) is 3.15. The number of carbonyl (C=O) groups excluding carboxylic acids is 4. The van der Waals surface area contributed by atoms with Crippen molar-refractivity contribution >= 4 is 29.6 Å². The van der Waals surface area contributed by atoms with Crippen LogP contribution in [0.2, 0.25) is 0 Å². The highest BCUT2D eigenvalue weighted by molar-refractivity contribution is 5.96. The molecule has 2 aromatic carbocycles. The number of piperidine rings is 1. The molecule has 0 aliphatic carbocycles. The van der Waals surface area contributed by atoms with Gasteiger partial charge in [-0.25, -0.2) is 4.79 Å². The van der Waals surface area contributed by atoms with Crippen molar-refractivity contribution in [3.05, 3.63) is 65.2 Å². The lowest BCUT2D eigenvalue weighted by Crippen LogP contribution is -2.39. The van der Waals surface area contributed by atoms with Gasteiger partial charge in [0.25, 0.3) is 5.91 Å². The van der Waals surface area contributed by atoms with E-state index in [4.69, 9.17) is 9.47 Å². The first-order valence-corrected chi connectivity index (χ1v) is 13.7. The van der Waals surface area contributed by atoms with E-state index in [2.05, 4.69) is 5.32 Å². The van der Waals surface area contributed by atoms with Gasteiger partial charge in [-0.3, -0.25) is 14.4 Å². The molecule has 2 heterocycles. The van der Waals surface area contributed by atoms with Gasteiger partial charge in [-0.15, -0.1) is 0 Å². The number of hydrogen-bond acceptors (Lipinski definition) is 7. The highest BCUT2D eigenvalue weighted by Gasteiger charge is 2.30. The smallest absolute Gasteiger partial charge is 0.410 e. The minimum Gasteiger partial charge on any atom is -0.469 e. The van der Waals surface area contributed by atoms with Gasteiger partial charge in [0.15, 0.2) is 0 Å². The van der Waals surface area contributed by atoms with Gasteiger partial charge in [-0.2, -0.15) is 0 Å². The Hall–Kier alpha value is -4.08. The lowest BCUT2D eigenvalue weighted by atomic mass is 9.93. The van der Waals surface area contributed by atoms with Crippen molar-refractivity contribution in [2.24, 2.45) is 5.92 Å². The first-order chi connectivity index (χ1) is 19.2. The normalized spacial score (nSPS) is 17.4. The van der Waals surface area contributed by atoms with Crippen LogP contribution in [0.3, 0.4) is 0 Å². The number of hydrogen-bond donors (Lipinski definition) is 1. The molecule has 0 spiro atoms. The molecule has 0 bridgehead atoms. The number of esters is 1. The van der Waals surface area contributed by atoms with Crippen molar-refractivity contribution in [1.29, 1.82) is 0 Å². The first kappa shape index (κ1) is 28.9. The summed E-state index contributed by atoms with van der Waals surface area (Å²) in [5.74, 6) is -0.380. The van der Waals surface area contributed by atoms with Gasteiger partial charge in [0, 0.05) is 51.5 Å². The van der Waals surface area contributed by atoms with Gasteiger partial charge in [-0.1, -0.05) is 36.4 Å². The molecule has 4 rings (SSSR count). The topological polar surface area (TPSA) is 108 Å². The van der Waals surface area contributed by atoms with Gasteiger partial charge < -0.3 is 29.5 Å². The molecule has 2 aromatic rings. The van der Waals surface area contributed by atoms with E-state index in [1.54, 1.807) is 40.9 Å². The molecule has 1 atom stereocenters. The molecule has 10 nitrogen and oxygen atoms in total. The number of nitrogens with zero attached hydrogens (tertiary/aromatic N) is 3. The monoisotopic (exact) mass is 550 g/mol. The zero-order chi connectivity index (χ0) is 28.6. The van der Waals surface area contributed by atoms with E-state index in [1.165, 1.54) is 7.11 Å². The maximum absolute atomic E-state index is 13.2. The van der Waals surface area contributed by atoms with Crippen LogP contribution >= 0.6 is 0 Å². The fraction of sp³-hybridized carbons (Fsp3) is 0.467. The number of fused-ring (bicyclic) bond motifs is 1. The Labute approximate surface area is 235 Å². The summed E-state index contributed by atoms with van der Waals surface area (Å²) >= 11 is 0. The van der Waals surface area contributed by atoms with Crippen LogP contribution in [-0.4, -0.2) is 85.5 Å². The number of rotatable bonds is 8. The molecule has 1 fully saturated rings. The lowest BCUT2D eigenvalue weighted by Gasteiger charge is -2.32. The molecule has 1 N–H and O–H groups in total. The average molecular weight is 551 g/mol. The first-order valence-electron chi connectivity index (χ1n) is 13.7. The van der Waals surface area contributed by atoms with E-state index in [1.807, 2.05) is 36.4 Å². The number of likely N-dealkylation sites (tertiary alicyclic amines) is 1. The van der Waals surface area contributed by atoms with Crippen molar-refractivity contribution in [2.45, 2.75) is 44.9 Å². The summed E-state index contributed by atoms with van der Waals surface area (Å²) in [6.07, 6.45) is 2.20. The minimum atomic E-state index is -0.761. The van der Waals surface area contributed by atoms with E-state index < -0.39 is 12.0 Å². The summed E-state index contributed by atoms with van der Waals surface area (Å²) < 4.78 is 10.2. The molecule has 1 saturated heterocycles. The number of benzene rings is 2. The molecule has 2 aliphatic heterocycles.